The van der Waals surface area contributed by atoms with Crippen LogP contribution in [0.3, 0.4) is 0 Å². The number of rotatable bonds is 3. The van der Waals surface area contributed by atoms with E-state index in [1.807, 2.05) is 13.8 Å². The highest BCUT2D eigenvalue weighted by Crippen LogP contribution is 2.17. The van der Waals surface area contributed by atoms with E-state index in [1.165, 1.54) is 32.4 Å². The Kier molecular flexibility index (Phi) is 7.43. The van der Waals surface area contributed by atoms with Gasteiger partial charge in [0.25, 0.3) is 0 Å². The lowest BCUT2D eigenvalue weighted by Crippen LogP contribution is -1.94. The summed E-state index contributed by atoms with van der Waals surface area (Å²) in [4.78, 5) is 10.8. The summed E-state index contributed by atoms with van der Waals surface area (Å²) in [6, 6.07) is 4.38. The van der Waals surface area contributed by atoms with E-state index in [-0.39, 0.29) is 0 Å². The maximum Gasteiger partial charge on any atom is 0.330 e. The van der Waals surface area contributed by atoms with Crippen molar-refractivity contribution in [1.29, 1.82) is 0 Å². The summed E-state index contributed by atoms with van der Waals surface area (Å²) in [5.41, 5.74) is 0.307. The summed E-state index contributed by atoms with van der Waals surface area (Å²) in [5.74, 6) is -0.539. The minimum atomic E-state index is -0.523. The van der Waals surface area contributed by atoms with Crippen LogP contribution in [-0.4, -0.2) is 20.2 Å². The van der Waals surface area contributed by atoms with Crippen molar-refractivity contribution in [3.63, 3.8) is 0 Å². The summed E-state index contributed by atoms with van der Waals surface area (Å²) < 4.78 is 22.5. The summed E-state index contributed by atoms with van der Waals surface area (Å²) in [6.07, 6.45) is 2.51. The standard InChI is InChI=1S/C11H11FO3.C2H6/c1-14-9-5-3-8(10(12)7-9)4-6-11(13)15-2;1-2/h3-7H,1-2H3;1-2H3/b6-4+;. The lowest BCUT2D eigenvalue weighted by molar-refractivity contribution is -0.134. The first kappa shape index (κ1) is 15.2. The van der Waals surface area contributed by atoms with Crippen LogP contribution in [0.25, 0.3) is 6.08 Å². The van der Waals surface area contributed by atoms with Crippen LogP contribution in [0, 0.1) is 5.82 Å². The number of ether oxygens (including phenoxy) is 2. The lowest BCUT2D eigenvalue weighted by atomic mass is 10.2. The van der Waals surface area contributed by atoms with Crippen molar-refractivity contribution in [3.8, 4) is 5.75 Å². The van der Waals surface area contributed by atoms with E-state index in [2.05, 4.69) is 4.74 Å². The molecule has 0 radical (unpaired) electrons. The van der Waals surface area contributed by atoms with Crippen LogP contribution in [0.15, 0.2) is 24.3 Å². The van der Waals surface area contributed by atoms with Crippen LogP contribution in [0.5, 0.6) is 5.75 Å². The van der Waals surface area contributed by atoms with E-state index in [0.29, 0.717) is 11.3 Å². The van der Waals surface area contributed by atoms with Gasteiger partial charge in [0, 0.05) is 17.7 Å². The molecule has 0 spiro atoms. The average Bonchev–Trinajstić information content (AvgIpc) is 2.39. The van der Waals surface area contributed by atoms with E-state index in [0.717, 1.165) is 6.08 Å². The normalized spacial score (nSPS) is 9.47. The maximum absolute atomic E-state index is 13.3. The third-order valence-corrected chi connectivity index (χ3v) is 1.81. The van der Waals surface area contributed by atoms with E-state index in [1.54, 1.807) is 6.07 Å². The maximum atomic E-state index is 13.3. The molecular formula is C13H17FO3. The monoisotopic (exact) mass is 240 g/mol. The van der Waals surface area contributed by atoms with Crippen LogP contribution >= 0.6 is 0 Å². The Morgan fingerprint density at radius 3 is 2.41 bits per heavy atom. The SMILES string of the molecule is CC.COC(=O)/C=C/c1ccc(OC)cc1F. The first-order valence-electron chi connectivity index (χ1n) is 5.27. The van der Waals surface area contributed by atoms with E-state index in [9.17, 15) is 9.18 Å². The van der Waals surface area contributed by atoms with Crippen LogP contribution in [0.1, 0.15) is 19.4 Å². The number of halogens is 1. The second-order valence-electron chi connectivity index (χ2n) is 2.74. The molecule has 1 rings (SSSR count). The van der Waals surface area contributed by atoms with Crippen molar-refractivity contribution in [2.24, 2.45) is 0 Å². The molecule has 0 aromatic heterocycles. The zero-order valence-electron chi connectivity index (χ0n) is 10.5. The van der Waals surface area contributed by atoms with Crippen LogP contribution in [-0.2, 0) is 9.53 Å². The Morgan fingerprint density at radius 1 is 1.29 bits per heavy atom. The predicted molar refractivity (Wildman–Crippen MR) is 65.4 cm³/mol. The fourth-order valence-electron chi connectivity index (χ4n) is 0.996. The molecule has 1 aromatic rings. The molecule has 17 heavy (non-hydrogen) atoms. The molecule has 0 saturated heterocycles. The molecule has 0 N–H and O–H groups in total. The molecule has 1 aromatic carbocycles. The second-order valence-corrected chi connectivity index (χ2v) is 2.74. The average molecular weight is 240 g/mol. The summed E-state index contributed by atoms with van der Waals surface area (Å²) in [6.45, 7) is 4.00. The van der Waals surface area contributed by atoms with Gasteiger partial charge in [0.15, 0.2) is 0 Å². The zero-order valence-corrected chi connectivity index (χ0v) is 10.5. The smallest absolute Gasteiger partial charge is 0.330 e. The van der Waals surface area contributed by atoms with Crippen molar-refractivity contribution < 1.29 is 18.7 Å². The highest BCUT2D eigenvalue weighted by Gasteiger charge is 2.01. The molecule has 4 heteroatoms. The van der Waals surface area contributed by atoms with Gasteiger partial charge in [-0.05, 0) is 18.2 Å². The molecule has 0 amide bonds. The highest BCUT2D eigenvalue weighted by molar-refractivity contribution is 5.86. The molecule has 0 heterocycles. The van der Waals surface area contributed by atoms with Gasteiger partial charge in [-0.25, -0.2) is 9.18 Å². The lowest BCUT2D eigenvalue weighted by Gasteiger charge is -2.01. The fraction of sp³-hybridized carbons (Fsp3) is 0.308. The van der Waals surface area contributed by atoms with Crippen molar-refractivity contribution in [1.82, 2.24) is 0 Å². The predicted octanol–water partition coefficient (Wildman–Crippen LogP) is 3.05. The van der Waals surface area contributed by atoms with Crippen molar-refractivity contribution in [2.75, 3.05) is 14.2 Å². The van der Waals surface area contributed by atoms with Gasteiger partial charge in [-0.2, -0.15) is 0 Å². The van der Waals surface area contributed by atoms with Crippen molar-refractivity contribution in [2.45, 2.75) is 13.8 Å². The molecule has 94 valence electrons. The largest absolute Gasteiger partial charge is 0.497 e. The molecular weight excluding hydrogens is 223 g/mol. The molecule has 0 fully saturated rings. The van der Waals surface area contributed by atoms with Gasteiger partial charge in [0.2, 0.25) is 0 Å². The van der Waals surface area contributed by atoms with Crippen LogP contribution in [0.4, 0.5) is 4.39 Å². The minimum Gasteiger partial charge on any atom is -0.497 e. The third-order valence-electron chi connectivity index (χ3n) is 1.81. The van der Waals surface area contributed by atoms with Crippen LogP contribution < -0.4 is 4.74 Å². The highest BCUT2D eigenvalue weighted by atomic mass is 19.1. The Balaban J connectivity index is 0.00000121. The molecule has 0 aliphatic rings. The zero-order chi connectivity index (χ0) is 13.3. The number of benzene rings is 1. The van der Waals surface area contributed by atoms with Gasteiger partial charge >= 0.3 is 5.97 Å². The van der Waals surface area contributed by atoms with Crippen LogP contribution in [0.2, 0.25) is 0 Å². The number of carbonyl (C=O) groups excluding carboxylic acids is 1. The number of carbonyl (C=O) groups is 1. The Morgan fingerprint density at radius 2 is 1.94 bits per heavy atom. The van der Waals surface area contributed by atoms with Gasteiger partial charge in [-0.3, -0.25) is 0 Å². The van der Waals surface area contributed by atoms with Crippen molar-refractivity contribution >= 4 is 12.0 Å². The quantitative estimate of drug-likeness (QED) is 0.601. The van der Waals surface area contributed by atoms with Gasteiger partial charge in [-0.15, -0.1) is 0 Å². The topological polar surface area (TPSA) is 35.5 Å². The van der Waals surface area contributed by atoms with Gasteiger partial charge in [0.1, 0.15) is 11.6 Å². The second kappa shape index (κ2) is 8.33. The third kappa shape index (κ3) is 5.15. The summed E-state index contributed by atoms with van der Waals surface area (Å²) >= 11 is 0. The minimum absolute atomic E-state index is 0.307. The first-order chi connectivity index (χ1) is 8.17. The number of hydrogen-bond acceptors (Lipinski definition) is 3. The number of esters is 1. The molecule has 0 aliphatic heterocycles. The molecule has 3 nitrogen and oxygen atoms in total. The molecule has 0 bridgehead atoms. The Bertz CT molecular complexity index is 386. The Hall–Kier alpha value is -1.84. The van der Waals surface area contributed by atoms with Crippen molar-refractivity contribution in [3.05, 3.63) is 35.7 Å². The number of hydrogen-bond donors (Lipinski definition) is 0. The summed E-state index contributed by atoms with van der Waals surface area (Å²) in [5, 5.41) is 0. The van der Waals surface area contributed by atoms with Gasteiger partial charge in [-0.1, -0.05) is 13.8 Å². The fourth-order valence-corrected chi connectivity index (χ4v) is 0.996. The summed E-state index contributed by atoms with van der Waals surface area (Å²) in [7, 11) is 2.72. The molecule has 0 aliphatic carbocycles. The first-order valence-corrected chi connectivity index (χ1v) is 5.27. The Labute approximate surface area is 101 Å². The van der Waals surface area contributed by atoms with E-state index in [4.69, 9.17) is 4.74 Å². The van der Waals surface area contributed by atoms with Gasteiger partial charge in [0.05, 0.1) is 14.2 Å². The van der Waals surface area contributed by atoms with E-state index < -0.39 is 11.8 Å². The number of methoxy groups -OCH3 is 2. The van der Waals surface area contributed by atoms with E-state index >= 15 is 0 Å². The van der Waals surface area contributed by atoms with Gasteiger partial charge < -0.3 is 9.47 Å². The molecule has 0 atom stereocenters. The molecule has 0 unspecified atom stereocenters. The molecule has 0 saturated carbocycles.